The second-order valence-electron chi connectivity index (χ2n) is 7.54. The van der Waals surface area contributed by atoms with Crippen LogP contribution in [-0.2, 0) is 11.4 Å². The van der Waals surface area contributed by atoms with Gasteiger partial charge in [0.1, 0.15) is 12.4 Å². The third-order valence-corrected chi connectivity index (χ3v) is 7.14. The van der Waals surface area contributed by atoms with Crippen LogP contribution in [0, 0.1) is 6.92 Å². The molecule has 35 heavy (non-hydrogen) atoms. The number of nitrogens with one attached hydrogen (secondary N) is 1. The highest BCUT2D eigenvalue weighted by Crippen LogP contribution is 2.32. The quantitative estimate of drug-likeness (QED) is 0.256. The molecule has 0 bridgehead atoms. The molecule has 178 valence electrons. The summed E-state index contributed by atoms with van der Waals surface area (Å²) in [6.07, 6.45) is 1.69. The van der Waals surface area contributed by atoms with E-state index in [1.165, 1.54) is 0 Å². The maximum atomic E-state index is 12.9. The lowest BCUT2D eigenvalue weighted by Gasteiger charge is -2.16. The summed E-state index contributed by atoms with van der Waals surface area (Å²) in [6, 6.07) is 17.5. The summed E-state index contributed by atoms with van der Waals surface area (Å²) < 4.78 is 6.06. The molecule has 1 aliphatic heterocycles. The lowest BCUT2D eigenvalue weighted by atomic mass is 10.1. The highest BCUT2D eigenvalue weighted by Gasteiger charge is 2.34. The largest absolute Gasteiger partial charge is 0.489 e. The molecule has 3 aromatic rings. The zero-order valence-corrected chi connectivity index (χ0v) is 22.1. The van der Waals surface area contributed by atoms with Crippen LogP contribution in [0.3, 0.4) is 0 Å². The van der Waals surface area contributed by atoms with E-state index in [4.69, 9.17) is 51.8 Å². The molecule has 0 saturated carbocycles. The van der Waals surface area contributed by atoms with Crippen molar-refractivity contribution >= 4 is 81.0 Å². The fourth-order valence-electron chi connectivity index (χ4n) is 3.18. The number of amides is 2. The van der Waals surface area contributed by atoms with Crippen molar-refractivity contribution in [3.63, 3.8) is 0 Å². The van der Waals surface area contributed by atoms with E-state index in [-0.39, 0.29) is 16.5 Å². The van der Waals surface area contributed by atoms with Crippen LogP contribution in [0.1, 0.15) is 27.0 Å². The third-order valence-electron chi connectivity index (χ3n) is 4.94. The Balaban J connectivity index is 1.45. The SMILES string of the molecule is Cc1ccc(C(=O)NN2C(=O)/C(=C\c3cccc(OCc4ccc(Cl)cc4Cl)c3)SC2=S)c(Cl)c1. The van der Waals surface area contributed by atoms with E-state index in [9.17, 15) is 9.59 Å². The molecule has 0 aromatic heterocycles. The zero-order chi connectivity index (χ0) is 25.1. The highest BCUT2D eigenvalue weighted by atomic mass is 35.5. The number of hydrogen-bond acceptors (Lipinski definition) is 5. The predicted molar refractivity (Wildman–Crippen MR) is 146 cm³/mol. The van der Waals surface area contributed by atoms with E-state index in [2.05, 4.69) is 5.43 Å². The van der Waals surface area contributed by atoms with Gasteiger partial charge < -0.3 is 4.74 Å². The number of thioether (sulfide) groups is 1. The average molecular weight is 564 g/mol. The summed E-state index contributed by atoms with van der Waals surface area (Å²) in [6.45, 7) is 2.13. The van der Waals surface area contributed by atoms with Gasteiger partial charge in [-0.25, -0.2) is 0 Å². The van der Waals surface area contributed by atoms with Crippen molar-refractivity contribution in [3.8, 4) is 5.75 Å². The summed E-state index contributed by atoms with van der Waals surface area (Å²) in [5.74, 6) is -0.359. The second-order valence-corrected chi connectivity index (χ2v) is 10.5. The van der Waals surface area contributed by atoms with Crippen LogP contribution >= 0.6 is 58.8 Å². The molecule has 1 N–H and O–H groups in total. The molecule has 5 nitrogen and oxygen atoms in total. The van der Waals surface area contributed by atoms with Crippen LogP contribution in [0.25, 0.3) is 6.08 Å². The van der Waals surface area contributed by atoms with Gasteiger partial charge in [-0.05, 0) is 72.7 Å². The summed E-state index contributed by atoms with van der Waals surface area (Å²) in [7, 11) is 0. The van der Waals surface area contributed by atoms with Gasteiger partial charge in [-0.2, -0.15) is 5.01 Å². The summed E-state index contributed by atoms with van der Waals surface area (Å²) >= 11 is 24.7. The minimum Gasteiger partial charge on any atom is -0.489 e. The smallest absolute Gasteiger partial charge is 0.285 e. The van der Waals surface area contributed by atoms with Crippen LogP contribution in [0.2, 0.25) is 15.1 Å². The molecule has 1 saturated heterocycles. The molecule has 2 amide bonds. The van der Waals surface area contributed by atoms with Crippen molar-refractivity contribution in [2.75, 3.05) is 0 Å². The van der Waals surface area contributed by atoms with E-state index >= 15 is 0 Å². The first-order chi connectivity index (χ1) is 16.7. The molecule has 1 fully saturated rings. The Morgan fingerprint density at radius 2 is 1.89 bits per heavy atom. The fourth-order valence-corrected chi connectivity index (χ4v) is 5.14. The Hall–Kier alpha value is -2.55. The first kappa shape index (κ1) is 25.5. The first-order valence-corrected chi connectivity index (χ1v) is 12.6. The maximum absolute atomic E-state index is 12.9. The van der Waals surface area contributed by atoms with Crippen LogP contribution in [0.5, 0.6) is 5.75 Å². The Labute approximate surface area is 227 Å². The van der Waals surface area contributed by atoms with Crippen molar-refractivity contribution in [1.82, 2.24) is 10.4 Å². The number of hydrogen-bond donors (Lipinski definition) is 1. The topological polar surface area (TPSA) is 58.6 Å². The van der Waals surface area contributed by atoms with Crippen molar-refractivity contribution in [2.24, 2.45) is 0 Å². The summed E-state index contributed by atoms with van der Waals surface area (Å²) in [4.78, 5) is 25.9. The lowest BCUT2D eigenvalue weighted by molar-refractivity contribution is -0.123. The van der Waals surface area contributed by atoms with Gasteiger partial charge in [0.25, 0.3) is 11.8 Å². The normalized spacial score (nSPS) is 14.5. The van der Waals surface area contributed by atoms with Gasteiger partial charge in [-0.15, -0.1) is 0 Å². The van der Waals surface area contributed by atoms with Crippen LogP contribution in [0.4, 0.5) is 0 Å². The molecular weight excluding hydrogens is 547 g/mol. The van der Waals surface area contributed by atoms with Gasteiger partial charge in [0, 0.05) is 15.6 Å². The van der Waals surface area contributed by atoms with Gasteiger partial charge in [-0.3, -0.25) is 15.0 Å². The Morgan fingerprint density at radius 1 is 1.09 bits per heavy atom. The molecule has 3 aromatic carbocycles. The maximum Gasteiger partial charge on any atom is 0.285 e. The van der Waals surface area contributed by atoms with Crippen LogP contribution < -0.4 is 10.2 Å². The number of carbonyl (C=O) groups is 2. The first-order valence-electron chi connectivity index (χ1n) is 10.2. The van der Waals surface area contributed by atoms with Gasteiger partial charge in [0.2, 0.25) is 0 Å². The minimum atomic E-state index is -0.524. The second kappa shape index (κ2) is 11.0. The Morgan fingerprint density at radius 3 is 2.63 bits per heavy atom. The predicted octanol–water partition coefficient (Wildman–Crippen LogP) is 7.08. The van der Waals surface area contributed by atoms with Gasteiger partial charge >= 0.3 is 0 Å². The van der Waals surface area contributed by atoms with E-state index < -0.39 is 11.8 Å². The molecule has 0 unspecified atom stereocenters. The average Bonchev–Trinajstić information content (AvgIpc) is 3.06. The monoisotopic (exact) mass is 562 g/mol. The number of nitrogens with zero attached hydrogens (tertiary/aromatic N) is 1. The van der Waals surface area contributed by atoms with Crippen molar-refractivity contribution in [1.29, 1.82) is 0 Å². The highest BCUT2D eigenvalue weighted by molar-refractivity contribution is 8.26. The summed E-state index contributed by atoms with van der Waals surface area (Å²) in [5.41, 5.74) is 5.24. The van der Waals surface area contributed by atoms with E-state index in [0.29, 0.717) is 25.7 Å². The van der Waals surface area contributed by atoms with Crippen LogP contribution in [0.15, 0.2) is 65.6 Å². The van der Waals surface area contributed by atoms with Crippen LogP contribution in [-0.4, -0.2) is 21.1 Å². The molecule has 0 spiro atoms. The molecule has 0 aliphatic carbocycles. The molecule has 1 aliphatic rings. The number of carbonyl (C=O) groups excluding carboxylic acids is 2. The molecule has 1 heterocycles. The van der Waals surface area contributed by atoms with Gasteiger partial charge in [0.15, 0.2) is 4.32 Å². The zero-order valence-electron chi connectivity index (χ0n) is 18.2. The standard InChI is InChI=1S/C25H17Cl3N2O3S2/c1-14-5-8-19(21(28)9-14)23(31)29-30-24(32)22(35-25(30)34)11-15-3-2-4-18(10-15)33-13-16-6-7-17(26)12-20(16)27/h2-12H,13H2,1H3,(H,29,31)/b22-11+. The molecule has 10 heteroatoms. The summed E-state index contributed by atoms with van der Waals surface area (Å²) in [5, 5.41) is 2.41. The number of thiocarbonyl (C=S) groups is 1. The fraction of sp³-hybridized carbons (Fsp3) is 0.0800. The molecule has 0 atom stereocenters. The Kier molecular flexibility index (Phi) is 8.04. The van der Waals surface area contributed by atoms with E-state index in [1.54, 1.807) is 54.6 Å². The lowest BCUT2D eigenvalue weighted by Crippen LogP contribution is -2.44. The number of halogens is 3. The number of hydrazine groups is 1. The van der Waals surface area contributed by atoms with Crippen molar-refractivity contribution in [2.45, 2.75) is 13.5 Å². The van der Waals surface area contributed by atoms with Gasteiger partial charge in [-0.1, -0.05) is 70.8 Å². The molecule has 0 radical (unpaired) electrons. The van der Waals surface area contributed by atoms with Crippen molar-refractivity contribution < 1.29 is 14.3 Å². The van der Waals surface area contributed by atoms with Gasteiger partial charge in [0.05, 0.1) is 15.5 Å². The molecular formula is C25H17Cl3N2O3S2. The third kappa shape index (κ3) is 6.18. The number of rotatable bonds is 6. The number of benzene rings is 3. The van der Waals surface area contributed by atoms with Crippen molar-refractivity contribution in [3.05, 3.63) is 103 Å². The molecule has 4 rings (SSSR count). The van der Waals surface area contributed by atoms with E-state index in [0.717, 1.165) is 33.5 Å². The van der Waals surface area contributed by atoms with E-state index in [1.807, 2.05) is 19.1 Å². The number of aryl methyl sites for hydroxylation is 1. The number of ether oxygens (including phenoxy) is 1. The minimum absolute atomic E-state index is 0.211. The Bertz CT molecular complexity index is 1380.